The van der Waals surface area contributed by atoms with Gasteiger partial charge in [0.05, 0.1) is 17.9 Å². The van der Waals surface area contributed by atoms with Crippen molar-refractivity contribution >= 4 is 0 Å². The van der Waals surface area contributed by atoms with E-state index in [9.17, 15) is 5.11 Å². The van der Waals surface area contributed by atoms with Crippen LogP contribution < -0.4 is 10.1 Å². The first-order valence-electron chi connectivity index (χ1n) is 7.97. The Morgan fingerprint density at radius 3 is 2.48 bits per heavy atom. The van der Waals surface area contributed by atoms with E-state index in [4.69, 9.17) is 9.26 Å². The highest BCUT2D eigenvalue weighted by Gasteiger charge is 2.19. The minimum atomic E-state index is -0.238. The molecule has 0 saturated carbocycles. The second-order valence-corrected chi connectivity index (χ2v) is 6.16. The predicted octanol–water partition coefficient (Wildman–Crippen LogP) is 3.12. The summed E-state index contributed by atoms with van der Waals surface area (Å²) in [5.74, 6) is 1.61. The Kier molecular flexibility index (Phi) is 5.80. The number of aromatic nitrogens is 1. The molecule has 5 nitrogen and oxygen atoms in total. The third-order valence-electron chi connectivity index (χ3n) is 4.34. The van der Waals surface area contributed by atoms with Crippen LogP contribution in [0.15, 0.2) is 28.8 Å². The van der Waals surface area contributed by atoms with E-state index >= 15 is 0 Å². The van der Waals surface area contributed by atoms with Crippen LogP contribution in [0.2, 0.25) is 0 Å². The van der Waals surface area contributed by atoms with E-state index in [0.717, 1.165) is 41.3 Å². The van der Waals surface area contributed by atoms with Crippen molar-refractivity contribution < 1.29 is 14.4 Å². The number of benzene rings is 1. The molecule has 0 fully saturated rings. The highest BCUT2D eigenvalue weighted by Crippen LogP contribution is 2.18. The number of aliphatic hydroxyl groups is 1. The van der Waals surface area contributed by atoms with Gasteiger partial charge in [0.25, 0.3) is 0 Å². The normalized spacial score (nSPS) is 13.8. The quantitative estimate of drug-likeness (QED) is 0.783. The van der Waals surface area contributed by atoms with E-state index < -0.39 is 0 Å². The monoisotopic (exact) mass is 318 g/mol. The Bertz CT molecular complexity index is 596. The molecule has 2 N–H and O–H groups in total. The van der Waals surface area contributed by atoms with Crippen molar-refractivity contribution in [1.82, 2.24) is 10.5 Å². The summed E-state index contributed by atoms with van der Waals surface area (Å²) >= 11 is 0. The van der Waals surface area contributed by atoms with Crippen LogP contribution in [0.3, 0.4) is 0 Å². The van der Waals surface area contributed by atoms with Gasteiger partial charge in [0.2, 0.25) is 0 Å². The van der Waals surface area contributed by atoms with E-state index in [0.29, 0.717) is 6.61 Å². The second-order valence-electron chi connectivity index (χ2n) is 6.16. The fourth-order valence-electron chi connectivity index (χ4n) is 2.18. The summed E-state index contributed by atoms with van der Waals surface area (Å²) in [6.45, 7) is 9.19. The van der Waals surface area contributed by atoms with Gasteiger partial charge >= 0.3 is 0 Å². The molecule has 2 rings (SSSR count). The Morgan fingerprint density at radius 1 is 1.26 bits per heavy atom. The number of aliphatic hydroxyl groups excluding tert-OH is 1. The van der Waals surface area contributed by atoms with Crippen LogP contribution in [0.5, 0.6) is 5.75 Å². The largest absolute Gasteiger partial charge is 0.489 e. The van der Waals surface area contributed by atoms with Gasteiger partial charge in [-0.1, -0.05) is 24.2 Å². The van der Waals surface area contributed by atoms with Crippen molar-refractivity contribution in [3.05, 3.63) is 46.8 Å². The zero-order chi connectivity index (χ0) is 16.9. The van der Waals surface area contributed by atoms with Crippen molar-refractivity contribution in [2.45, 2.75) is 52.8 Å². The molecule has 1 unspecified atom stereocenters. The highest BCUT2D eigenvalue weighted by molar-refractivity contribution is 5.28. The molecule has 0 aliphatic rings. The van der Waals surface area contributed by atoms with Gasteiger partial charge in [-0.25, -0.2) is 0 Å². The zero-order valence-electron chi connectivity index (χ0n) is 14.3. The zero-order valence-corrected chi connectivity index (χ0v) is 14.3. The fraction of sp³-hybridized carbons (Fsp3) is 0.500. The number of rotatable bonds is 8. The predicted molar refractivity (Wildman–Crippen MR) is 89.4 cm³/mol. The number of nitrogens with one attached hydrogen (secondary N) is 1. The molecule has 1 aromatic heterocycles. The lowest BCUT2D eigenvalue weighted by atomic mass is 10.00. The molecular formula is C18H26N2O3. The van der Waals surface area contributed by atoms with Crippen LogP contribution in [-0.2, 0) is 13.2 Å². The van der Waals surface area contributed by atoms with Gasteiger partial charge in [0, 0.05) is 12.1 Å². The van der Waals surface area contributed by atoms with Crippen LogP contribution in [-0.4, -0.2) is 22.4 Å². The molecule has 0 aliphatic carbocycles. The molecule has 2 aromatic rings. The van der Waals surface area contributed by atoms with E-state index in [1.165, 1.54) is 0 Å². The lowest BCUT2D eigenvalue weighted by Gasteiger charge is -2.27. The lowest BCUT2D eigenvalue weighted by Crippen LogP contribution is -2.44. The molecule has 0 bridgehead atoms. The Morgan fingerprint density at radius 2 is 1.96 bits per heavy atom. The third kappa shape index (κ3) is 4.56. The summed E-state index contributed by atoms with van der Waals surface area (Å²) in [5.41, 5.74) is 2.78. The second kappa shape index (κ2) is 7.62. The maximum Gasteiger partial charge on any atom is 0.140 e. The maximum absolute atomic E-state index is 9.42. The van der Waals surface area contributed by atoms with Crippen LogP contribution in [0.25, 0.3) is 0 Å². The fourth-order valence-corrected chi connectivity index (χ4v) is 2.18. The average Bonchev–Trinajstić information content (AvgIpc) is 2.90. The van der Waals surface area contributed by atoms with Crippen molar-refractivity contribution in [2.75, 3.05) is 6.61 Å². The minimum absolute atomic E-state index is 0.127. The molecule has 0 radical (unpaired) electrons. The van der Waals surface area contributed by atoms with Crippen LogP contribution in [0.1, 0.15) is 42.8 Å². The summed E-state index contributed by atoms with van der Waals surface area (Å²) in [6, 6.07) is 7.97. The molecule has 0 amide bonds. The van der Waals surface area contributed by atoms with E-state index in [2.05, 4.69) is 17.4 Å². The SMILES string of the molecule is CCC(C)(CO)NCc1ccc(OCc2c(C)noc2C)cc1. The maximum atomic E-state index is 9.42. The van der Waals surface area contributed by atoms with Crippen molar-refractivity contribution in [3.8, 4) is 5.75 Å². The van der Waals surface area contributed by atoms with Gasteiger partial charge in [0.15, 0.2) is 0 Å². The molecule has 1 aromatic carbocycles. The Hall–Kier alpha value is -1.85. The first-order valence-corrected chi connectivity index (χ1v) is 7.97. The first-order chi connectivity index (χ1) is 11.0. The number of nitrogens with zero attached hydrogens (tertiary/aromatic N) is 1. The summed E-state index contributed by atoms with van der Waals surface area (Å²) in [7, 11) is 0. The van der Waals surface area contributed by atoms with E-state index in [1.807, 2.05) is 45.0 Å². The van der Waals surface area contributed by atoms with Gasteiger partial charge in [-0.15, -0.1) is 0 Å². The van der Waals surface area contributed by atoms with Crippen LogP contribution in [0.4, 0.5) is 0 Å². The highest BCUT2D eigenvalue weighted by atomic mass is 16.5. The van der Waals surface area contributed by atoms with Gasteiger partial charge in [-0.05, 0) is 44.9 Å². The third-order valence-corrected chi connectivity index (χ3v) is 4.34. The smallest absolute Gasteiger partial charge is 0.140 e. The van der Waals surface area contributed by atoms with Crippen molar-refractivity contribution in [3.63, 3.8) is 0 Å². The Labute approximate surface area is 137 Å². The Balaban J connectivity index is 1.90. The number of hydrogen-bond donors (Lipinski definition) is 2. The average molecular weight is 318 g/mol. The summed E-state index contributed by atoms with van der Waals surface area (Å²) in [4.78, 5) is 0. The van der Waals surface area contributed by atoms with Crippen LogP contribution >= 0.6 is 0 Å². The van der Waals surface area contributed by atoms with Crippen LogP contribution in [0, 0.1) is 13.8 Å². The van der Waals surface area contributed by atoms with Gasteiger partial charge in [-0.3, -0.25) is 0 Å². The molecule has 1 atom stereocenters. The molecule has 0 saturated heterocycles. The van der Waals surface area contributed by atoms with Crippen molar-refractivity contribution in [1.29, 1.82) is 0 Å². The molecule has 23 heavy (non-hydrogen) atoms. The minimum Gasteiger partial charge on any atom is -0.489 e. The van der Waals surface area contributed by atoms with Gasteiger partial charge < -0.3 is 19.7 Å². The molecule has 1 heterocycles. The van der Waals surface area contributed by atoms with Crippen molar-refractivity contribution in [2.24, 2.45) is 0 Å². The van der Waals surface area contributed by atoms with E-state index in [-0.39, 0.29) is 12.1 Å². The standard InChI is InChI=1S/C18H26N2O3/c1-5-18(4,12-21)19-10-15-6-8-16(9-7-15)22-11-17-13(2)20-23-14(17)3/h6-9,19,21H,5,10-12H2,1-4H3. The molecule has 5 heteroatoms. The molecule has 126 valence electrons. The topological polar surface area (TPSA) is 67.5 Å². The first kappa shape index (κ1) is 17.5. The molecule has 0 aliphatic heterocycles. The number of ether oxygens (including phenoxy) is 1. The lowest BCUT2D eigenvalue weighted by molar-refractivity contribution is 0.169. The summed E-state index contributed by atoms with van der Waals surface area (Å²) in [6.07, 6.45) is 0.877. The molecular weight excluding hydrogens is 292 g/mol. The summed E-state index contributed by atoms with van der Waals surface area (Å²) < 4.78 is 10.9. The van der Waals surface area contributed by atoms with Gasteiger partial charge in [0.1, 0.15) is 18.1 Å². The summed E-state index contributed by atoms with van der Waals surface area (Å²) in [5, 5.41) is 16.7. The van der Waals surface area contributed by atoms with E-state index in [1.54, 1.807) is 0 Å². The number of aryl methyl sites for hydroxylation is 2. The molecule has 0 spiro atoms. The number of hydrogen-bond acceptors (Lipinski definition) is 5. The van der Waals surface area contributed by atoms with Gasteiger partial charge in [-0.2, -0.15) is 0 Å².